The molecule has 0 aromatic rings. The molecule has 1 aliphatic rings. The second-order valence-electron chi connectivity index (χ2n) is 5.66. The van der Waals surface area contributed by atoms with Crippen molar-refractivity contribution >= 4 is 11.8 Å². The van der Waals surface area contributed by atoms with Crippen molar-refractivity contribution in [3.63, 3.8) is 0 Å². The second kappa shape index (κ2) is 4.85. The van der Waals surface area contributed by atoms with Gasteiger partial charge in [0.2, 0.25) is 11.8 Å². The molecule has 0 heterocycles. The van der Waals surface area contributed by atoms with Gasteiger partial charge in [0.25, 0.3) is 0 Å². The lowest BCUT2D eigenvalue weighted by atomic mass is 10.1. The average molecular weight is 226 g/mol. The third-order valence-corrected chi connectivity index (χ3v) is 2.61. The highest BCUT2D eigenvalue weighted by Gasteiger charge is 2.38. The summed E-state index contributed by atoms with van der Waals surface area (Å²) in [5.74, 6) is 0.779. The molecule has 0 unspecified atom stereocenters. The Kier molecular flexibility index (Phi) is 3.94. The molecule has 4 heteroatoms. The molecule has 2 N–H and O–H groups in total. The average Bonchev–Trinajstić information content (AvgIpc) is 2.79. The molecule has 16 heavy (non-hydrogen) atoms. The van der Waals surface area contributed by atoms with Crippen LogP contribution >= 0.6 is 0 Å². The van der Waals surface area contributed by atoms with Crippen molar-refractivity contribution < 1.29 is 9.59 Å². The number of carbonyl (C=O) groups excluding carboxylic acids is 2. The largest absolute Gasteiger partial charge is 0.355 e. The van der Waals surface area contributed by atoms with Crippen LogP contribution in [0.4, 0.5) is 0 Å². The number of hydrogen-bond acceptors (Lipinski definition) is 2. The Morgan fingerprint density at radius 1 is 1.31 bits per heavy atom. The predicted molar refractivity (Wildman–Crippen MR) is 62.8 cm³/mol. The van der Waals surface area contributed by atoms with Gasteiger partial charge in [0.1, 0.15) is 0 Å². The Balaban J connectivity index is 2.11. The van der Waals surface area contributed by atoms with Crippen LogP contribution < -0.4 is 10.6 Å². The first kappa shape index (κ1) is 13.0. The fourth-order valence-corrected chi connectivity index (χ4v) is 1.60. The molecule has 1 saturated carbocycles. The molecule has 0 aliphatic heterocycles. The van der Waals surface area contributed by atoms with Gasteiger partial charge in [0.15, 0.2) is 0 Å². The van der Waals surface area contributed by atoms with Gasteiger partial charge in [-0.3, -0.25) is 9.59 Å². The smallest absolute Gasteiger partial charge is 0.223 e. The van der Waals surface area contributed by atoms with Crippen molar-refractivity contribution in [2.45, 2.75) is 46.1 Å². The third-order valence-electron chi connectivity index (χ3n) is 2.61. The van der Waals surface area contributed by atoms with E-state index in [1.54, 1.807) is 0 Å². The van der Waals surface area contributed by atoms with Crippen LogP contribution in [0.25, 0.3) is 0 Å². The summed E-state index contributed by atoms with van der Waals surface area (Å²) < 4.78 is 0. The summed E-state index contributed by atoms with van der Waals surface area (Å²) in [5, 5.41) is 5.65. The normalized spacial score (nSPS) is 23.8. The van der Waals surface area contributed by atoms with Crippen molar-refractivity contribution in [3.8, 4) is 0 Å². The monoisotopic (exact) mass is 226 g/mol. The molecule has 2 amide bonds. The van der Waals surface area contributed by atoms with E-state index in [4.69, 9.17) is 0 Å². The van der Waals surface area contributed by atoms with E-state index >= 15 is 0 Å². The Hall–Kier alpha value is -1.06. The van der Waals surface area contributed by atoms with Crippen molar-refractivity contribution in [1.29, 1.82) is 0 Å². The zero-order chi connectivity index (χ0) is 12.3. The van der Waals surface area contributed by atoms with E-state index < -0.39 is 0 Å². The van der Waals surface area contributed by atoms with Crippen LogP contribution in [0.15, 0.2) is 0 Å². The summed E-state index contributed by atoms with van der Waals surface area (Å²) in [6, 6.07) is 0. The highest BCUT2D eigenvalue weighted by molar-refractivity contribution is 5.82. The Morgan fingerprint density at radius 3 is 2.31 bits per heavy atom. The molecule has 0 saturated heterocycles. The number of amides is 2. The molecular formula is C12H22N2O2. The predicted octanol–water partition coefficient (Wildman–Crippen LogP) is 1.06. The van der Waals surface area contributed by atoms with Gasteiger partial charge in [0, 0.05) is 24.4 Å². The fraction of sp³-hybridized carbons (Fsp3) is 0.833. The number of rotatable bonds is 4. The van der Waals surface area contributed by atoms with E-state index in [-0.39, 0.29) is 23.3 Å². The summed E-state index contributed by atoms with van der Waals surface area (Å²) in [7, 11) is 0. The van der Waals surface area contributed by atoms with Crippen LogP contribution in [-0.4, -0.2) is 23.9 Å². The molecule has 1 fully saturated rings. The molecule has 1 aliphatic carbocycles. The maximum absolute atomic E-state index is 11.4. The Morgan fingerprint density at radius 2 is 1.88 bits per heavy atom. The van der Waals surface area contributed by atoms with Crippen LogP contribution in [0.3, 0.4) is 0 Å². The van der Waals surface area contributed by atoms with Crippen LogP contribution in [0.1, 0.15) is 40.5 Å². The fourth-order valence-electron chi connectivity index (χ4n) is 1.60. The van der Waals surface area contributed by atoms with Gasteiger partial charge in [-0.1, -0.05) is 6.92 Å². The number of hydrogen-bond donors (Lipinski definition) is 2. The standard InChI is InChI=1S/C12H22N2O2/c1-8-7-9(8)11(16)13-6-5-10(15)14-12(2,3)4/h8-9H,5-7H2,1-4H3,(H,13,16)(H,14,15)/t8-,9+/m0/s1. The Labute approximate surface area is 97.2 Å². The first-order valence-electron chi connectivity index (χ1n) is 5.88. The molecule has 0 spiro atoms. The topological polar surface area (TPSA) is 58.2 Å². The zero-order valence-corrected chi connectivity index (χ0v) is 10.6. The summed E-state index contributed by atoms with van der Waals surface area (Å²) in [6.07, 6.45) is 1.34. The van der Waals surface area contributed by atoms with Crippen molar-refractivity contribution in [1.82, 2.24) is 10.6 Å². The van der Waals surface area contributed by atoms with Crippen LogP contribution in [0, 0.1) is 11.8 Å². The number of carbonyl (C=O) groups is 2. The summed E-state index contributed by atoms with van der Waals surface area (Å²) >= 11 is 0. The first-order valence-corrected chi connectivity index (χ1v) is 5.88. The van der Waals surface area contributed by atoms with E-state index in [2.05, 4.69) is 17.6 Å². The number of nitrogens with one attached hydrogen (secondary N) is 2. The molecule has 0 aromatic carbocycles. The van der Waals surface area contributed by atoms with Crippen LogP contribution in [0.2, 0.25) is 0 Å². The SMILES string of the molecule is C[C@H]1C[C@H]1C(=O)NCCC(=O)NC(C)(C)C. The minimum absolute atomic E-state index is 0.0170. The molecule has 1 rings (SSSR count). The first-order chi connectivity index (χ1) is 7.29. The van der Waals surface area contributed by atoms with Gasteiger partial charge >= 0.3 is 0 Å². The minimum Gasteiger partial charge on any atom is -0.355 e. The molecule has 4 nitrogen and oxygen atoms in total. The van der Waals surface area contributed by atoms with E-state index in [1.807, 2.05) is 20.8 Å². The van der Waals surface area contributed by atoms with Gasteiger partial charge in [-0.25, -0.2) is 0 Å². The lowest BCUT2D eigenvalue weighted by Crippen LogP contribution is -2.42. The van der Waals surface area contributed by atoms with E-state index in [9.17, 15) is 9.59 Å². The minimum atomic E-state index is -0.202. The molecule has 2 atom stereocenters. The van der Waals surface area contributed by atoms with Gasteiger partial charge in [-0.2, -0.15) is 0 Å². The summed E-state index contributed by atoms with van der Waals surface area (Å²) in [6.45, 7) is 8.32. The zero-order valence-electron chi connectivity index (χ0n) is 10.6. The maximum Gasteiger partial charge on any atom is 0.223 e. The third kappa shape index (κ3) is 4.64. The summed E-state index contributed by atoms with van der Waals surface area (Å²) in [5.41, 5.74) is -0.202. The second-order valence-corrected chi connectivity index (χ2v) is 5.66. The van der Waals surface area contributed by atoms with E-state index in [0.717, 1.165) is 6.42 Å². The molecular weight excluding hydrogens is 204 g/mol. The quantitative estimate of drug-likeness (QED) is 0.753. The van der Waals surface area contributed by atoms with Crippen molar-refractivity contribution in [3.05, 3.63) is 0 Å². The molecule has 0 bridgehead atoms. The van der Waals surface area contributed by atoms with Crippen molar-refractivity contribution in [2.24, 2.45) is 11.8 Å². The van der Waals surface area contributed by atoms with E-state index in [1.165, 1.54) is 0 Å². The van der Waals surface area contributed by atoms with Gasteiger partial charge in [-0.05, 0) is 33.1 Å². The van der Waals surface area contributed by atoms with E-state index in [0.29, 0.717) is 18.9 Å². The lowest BCUT2D eigenvalue weighted by molar-refractivity contribution is -0.123. The highest BCUT2D eigenvalue weighted by atomic mass is 16.2. The lowest BCUT2D eigenvalue weighted by Gasteiger charge is -2.20. The highest BCUT2D eigenvalue weighted by Crippen LogP contribution is 2.37. The van der Waals surface area contributed by atoms with Crippen LogP contribution in [0.5, 0.6) is 0 Å². The molecule has 0 aromatic heterocycles. The van der Waals surface area contributed by atoms with Crippen LogP contribution in [-0.2, 0) is 9.59 Å². The van der Waals surface area contributed by atoms with Gasteiger partial charge < -0.3 is 10.6 Å². The molecule has 92 valence electrons. The van der Waals surface area contributed by atoms with Gasteiger partial charge in [-0.15, -0.1) is 0 Å². The Bertz CT molecular complexity index is 281. The maximum atomic E-state index is 11.4. The van der Waals surface area contributed by atoms with Crippen molar-refractivity contribution in [2.75, 3.05) is 6.54 Å². The van der Waals surface area contributed by atoms with Gasteiger partial charge in [0.05, 0.1) is 0 Å². The molecule has 0 radical (unpaired) electrons. The summed E-state index contributed by atoms with van der Waals surface area (Å²) in [4.78, 5) is 22.9.